The van der Waals surface area contributed by atoms with Crippen molar-refractivity contribution in [2.75, 3.05) is 19.6 Å². The summed E-state index contributed by atoms with van der Waals surface area (Å²) in [4.78, 5) is 38.5. The number of pyridine rings is 1. The summed E-state index contributed by atoms with van der Waals surface area (Å²) in [5, 5.41) is 3.09. The van der Waals surface area contributed by atoms with Crippen LogP contribution in [0.4, 0.5) is 0 Å². The molecule has 136 valence electrons. The van der Waals surface area contributed by atoms with Crippen LogP contribution in [0.1, 0.15) is 48.9 Å². The summed E-state index contributed by atoms with van der Waals surface area (Å²) in [7, 11) is 1.65. The molecule has 0 bridgehead atoms. The molecule has 6 heteroatoms. The second kappa shape index (κ2) is 7.85. The molecule has 0 atom stereocenters. The smallest absolute Gasteiger partial charge is 0.263 e. The van der Waals surface area contributed by atoms with Crippen LogP contribution in [0, 0.1) is 11.8 Å². The van der Waals surface area contributed by atoms with Crippen molar-refractivity contribution in [3.8, 4) is 0 Å². The molecule has 1 aromatic rings. The summed E-state index contributed by atoms with van der Waals surface area (Å²) in [6, 6.07) is 3.32. The highest BCUT2D eigenvalue weighted by atomic mass is 16.2. The fourth-order valence-electron chi connectivity index (χ4n) is 3.85. The number of piperidine rings is 1. The maximum atomic E-state index is 12.6. The average Bonchev–Trinajstić information content (AvgIpc) is 3.17. The predicted molar refractivity (Wildman–Crippen MR) is 95.3 cm³/mol. The molecular weight excluding hydrogens is 318 g/mol. The van der Waals surface area contributed by atoms with E-state index < -0.39 is 0 Å². The molecule has 1 saturated heterocycles. The van der Waals surface area contributed by atoms with E-state index in [1.54, 1.807) is 30.3 Å². The molecule has 1 saturated carbocycles. The van der Waals surface area contributed by atoms with Crippen LogP contribution < -0.4 is 10.9 Å². The van der Waals surface area contributed by atoms with Crippen molar-refractivity contribution in [3.63, 3.8) is 0 Å². The Morgan fingerprint density at radius 2 is 1.84 bits per heavy atom. The largest absolute Gasteiger partial charge is 0.356 e. The Balaban J connectivity index is 1.48. The Morgan fingerprint density at radius 3 is 2.52 bits per heavy atom. The first kappa shape index (κ1) is 17.7. The first-order valence-electron chi connectivity index (χ1n) is 9.29. The fraction of sp³-hybridized carbons (Fsp3) is 0.632. The number of carbonyl (C=O) groups is 2. The number of hydrogen-bond donors (Lipinski definition) is 1. The lowest BCUT2D eigenvalue weighted by Crippen LogP contribution is -2.43. The molecule has 2 fully saturated rings. The zero-order valence-electron chi connectivity index (χ0n) is 14.9. The van der Waals surface area contributed by atoms with E-state index in [9.17, 15) is 14.4 Å². The van der Waals surface area contributed by atoms with Crippen LogP contribution in [0.25, 0.3) is 0 Å². The van der Waals surface area contributed by atoms with Crippen LogP contribution >= 0.6 is 0 Å². The summed E-state index contributed by atoms with van der Waals surface area (Å²) >= 11 is 0. The number of rotatable bonds is 4. The van der Waals surface area contributed by atoms with Gasteiger partial charge in [0.2, 0.25) is 5.91 Å². The van der Waals surface area contributed by atoms with E-state index in [1.165, 1.54) is 4.57 Å². The summed E-state index contributed by atoms with van der Waals surface area (Å²) in [5.74, 6) is 0.627. The van der Waals surface area contributed by atoms with Gasteiger partial charge in [0.25, 0.3) is 11.5 Å². The fourth-order valence-corrected chi connectivity index (χ4v) is 3.85. The number of hydrogen-bond acceptors (Lipinski definition) is 3. The Hall–Kier alpha value is -2.11. The molecule has 2 heterocycles. The molecule has 0 spiro atoms. The van der Waals surface area contributed by atoms with E-state index in [0.717, 1.165) is 38.5 Å². The summed E-state index contributed by atoms with van der Waals surface area (Å²) in [6.45, 7) is 1.98. The van der Waals surface area contributed by atoms with E-state index in [-0.39, 0.29) is 28.9 Å². The average molecular weight is 345 g/mol. The summed E-state index contributed by atoms with van der Waals surface area (Å²) in [5.41, 5.74) is -0.0172. The van der Waals surface area contributed by atoms with Gasteiger partial charge in [-0.3, -0.25) is 14.4 Å². The lowest BCUT2D eigenvalue weighted by atomic mass is 9.96. The molecule has 1 aliphatic carbocycles. The molecule has 3 rings (SSSR count). The van der Waals surface area contributed by atoms with E-state index >= 15 is 0 Å². The van der Waals surface area contributed by atoms with Crippen LogP contribution in [-0.2, 0) is 11.8 Å². The highest BCUT2D eigenvalue weighted by Crippen LogP contribution is 2.25. The third-order valence-corrected chi connectivity index (χ3v) is 5.55. The Labute approximate surface area is 148 Å². The number of carbonyl (C=O) groups excluding carboxylic acids is 2. The van der Waals surface area contributed by atoms with E-state index in [2.05, 4.69) is 5.32 Å². The van der Waals surface area contributed by atoms with Crippen LogP contribution in [0.5, 0.6) is 0 Å². The third kappa shape index (κ3) is 4.11. The van der Waals surface area contributed by atoms with Crippen molar-refractivity contribution < 1.29 is 9.59 Å². The van der Waals surface area contributed by atoms with Gasteiger partial charge in [0.05, 0.1) is 0 Å². The quantitative estimate of drug-likeness (QED) is 0.900. The van der Waals surface area contributed by atoms with Gasteiger partial charge in [0.1, 0.15) is 5.56 Å². The van der Waals surface area contributed by atoms with Gasteiger partial charge in [-0.2, -0.15) is 0 Å². The zero-order valence-corrected chi connectivity index (χ0v) is 14.9. The highest BCUT2D eigenvalue weighted by molar-refractivity contribution is 5.93. The number of nitrogens with one attached hydrogen (secondary N) is 1. The maximum Gasteiger partial charge on any atom is 0.263 e. The van der Waals surface area contributed by atoms with E-state index in [4.69, 9.17) is 0 Å². The summed E-state index contributed by atoms with van der Waals surface area (Å²) < 4.78 is 1.43. The number of nitrogens with zero attached hydrogens (tertiary/aromatic N) is 2. The number of amides is 2. The molecule has 0 unspecified atom stereocenters. The van der Waals surface area contributed by atoms with Crippen molar-refractivity contribution in [1.82, 2.24) is 14.8 Å². The van der Waals surface area contributed by atoms with Crippen molar-refractivity contribution in [2.45, 2.75) is 38.5 Å². The van der Waals surface area contributed by atoms with Crippen molar-refractivity contribution in [1.29, 1.82) is 0 Å². The van der Waals surface area contributed by atoms with E-state index in [0.29, 0.717) is 25.6 Å². The maximum absolute atomic E-state index is 12.6. The Kier molecular flexibility index (Phi) is 5.56. The van der Waals surface area contributed by atoms with Crippen molar-refractivity contribution in [2.24, 2.45) is 18.9 Å². The second-order valence-corrected chi connectivity index (χ2v) is 7.30. The lowest BCUT2D eigenvalue weighted by Gasteiger charge is -2.32. The molecule has 1 aliphatic heterocycles. The minimum absolute atomic E-state index is 0.186. The number of aryl methyl sites for hydroxylation is 1. The van der Waals surface area contributed by atoms with Gasteiger partial charge in [-0.15, -0.1) is 0 Å². The second-order valence-electron chi connectivity index (χ2n) is 7.30. The standard InChI is InChI=1S/C19H27N3O3/c1-21-10-4-7-16(18(21)24)19(25)22-11-8-14(9-12-22)13-20-17(23)15-5-2-3-6-15/h4,7,10,14-15H,2-3,5-6,8-9,11-13H2,1H3,(H,20,23). The molecule has 25 heavy (non-hydrogen) atoms. The minimum Gasteiger partial charge on any atom is -0.356 e. The Morgan fingerprint density at radius 1 is 1.16 bits per heavy atom. The van der Waals surface area contributed by atoms with Crippen LogP contribution in [0.2, 0.25) is 0 Å². The Bertz CT molecular complexity index is 683. The lowest BCUT2D eigenvalue weighted by molar-refractivity contribution is -0.125. The molecular formula is C19H27N3O3. The summed E-state index contributed by atoms with van der Waals surface area (Å²) in [6.07, 6.45) is 7.75. The van der Waals surface area contributed by atoms with Crippen LogP contribution in [0.3, 0.4) is 0 Å². The molecule has 0 aromatic carbocycles. The zero-order chi connectivity index (χ0) is 17.8. The van der Waals surface area contributed by atoms with Crippen LogP contribution in [0.15, 0.2) is 23.1 Å². The molecule has 0 radical (unpaired) electrons. The number of likely N-dealkylation sites (tertiary alicyclic amines) is 1. The predicted octanol–water partition coefficient (Wildman–Crippen LogP) is 1.54. The van der Waals surface area contributed by atoms with Gasteiger partial charge in [0.15, 0.2) is 0 Å². The topological polar surface area (TPSA) is 71.4 Å². The van der Waals surface area contributed by atoms with Crippen molar-refractivity contribution >= 4 is 11.8 Å². The molecule has 2 amide bonds. The van der Waals surface area contributed by atoms with E-state index in [1.807, 2.05) is 0 Å². The first-order valence-corrected chi connectivity index (χ1v) is 9.29. The van der Waals surface area contributed by atoms with Crippen LogP contribution in [-0.4, -0.2) is 40.9 Å². The van der Waals surface area contributed by atoms with Gasteiger partial charge in [0, 0.05) is 38.8 Å². The van der Waals surface area contributed by atoms with Gasteiger partial charge in [-0.1, -0.05) is 12.8 Å². The van der Waals surface area contributed by atoms with Gasteiger partial charge < -0.3 is 14.8 Å². The molecule has 1 aromatic heterocycles. The molecule has 6 nitrogen and oxygen atoms in total. The molecule has 2 aliphatic rings. The van der Waals surface area contributed by atoms with Gasteiger partial charge in [-0.25, -0.2) is 0 Å². The normalized spacial score (nSPS) is 19.2. The monoisotopic (exact) mass is 345 g/mol. The first-order chi connectivity index (χ1) is 12.1. The molecule has 1 N–H and O–H groups in total. The third-order valence-electron chi connectivity index (χ3n) is 5.55. The minimum atomic E-state index is -0.251. The highest BCUT2D eigenvalue weighted by Gasteiger charge is 2.27. The van der Waals surface area contributed by atoms with Crippen molar-refractivity contribution in [3.05, 3.63) is 34.2 Å². The SMILES string of the molecule is Cn1cccc(C(=O)N2CCC(CNC(=O)C3CCCC3)CC2)c1=O. The number of aromatic nitrogens is 1. The van der Waals surface area contributed by atoms with Gasteiger partial charge in [-0.05, 0) is 43.7 Å². The van der Waals surface area contributed by atoms with Gasteiger partial charge >= 0.3 is 0 Å².